The van der Waals surface area contributed by atoms with Crippen LogP contribution >= 0.6 is 0 Å². The normalized spacial score (nSPS) is 26.0. The van der Waals surface area contributed by atoms with Gasteiger partial charge in [-0.2, -0.15) is 4.31 Å². The molecule has 0 bridgehead atoms. The Bertz CT molecular complexity index is 821. The number of nitrogens with zero attached hydrogens (tertiary/aromatic N) is 1. The molecule has 0 spiro atoms. The number of carbonyl (C=O) groups is 2. The molecule has 1 aromatic carbocycles. The highest BCUT2D eigenvalue weighted by Crippen LogP contribution is 2.43. The summed E-state index contributed by atoms with van der Waals surface area (Å²) in [5.74, 6) is -2.06. The van der Waals surface area contributed by atoms with Crippen LogP contribution in [0.15, 0.2) is 29.2 Å². The minimum Gasteiger partial charge on any atom is -0.464 e. The molecule has 0 unspecified atom stereocenters. The van der Waals surface area contributed by atoms with Crippen LogP contribution in [0.4, 0.5) is 0 Å². The maximum atomic E-state index is 13.2. The van der Waals surface area contributed by atoms with E-state index in [2.05, 4.69) is 0 Å². The van der Waals surface area contributed by atoms with E-state index < -0.39 is 33.1 Å². The zero-order valence-electron chi connectivity index (χ0n) is 15.9. The fourth-order valence-corrected chi connectivity index (χ4v) is 5.00. The van der Waals surface area contributed by atoms with Crippen molar-refractivity contribution in [3.8, 4) is 0 Å². The van der Waals surface area contributed by atoms with Crippen molar-refractivity contribution in [2.24, 2.45) is 0 Å². The lowest BCUT2D eigenvalue weighted by Gasteiger charge is -2.39. The van der Waals surface area contributed by atoms with Crippen molar-refractivity contribution < 1.29 is 32.6 Å². The van der Waals surface area contributed by atoms with Gasteiger partial charge in [0.1, 0.15) is 0 Å². The van der Waals surface area contributed by atoms with Crippen LogP contribution in [0, 0.1) is 6.92 Å². The SMILES string of the molecule is CCOC(=O)[C@]1(O)CCN(S(=O)(=O)c2ccc(C)cc2)[C@@]1(C)C(=O)OCC. The molecule has 1 N–H and O–H groups in total. The van der Waals surface area contributed by atoms with Gasteiger partial charge in [0.2, 0.25) is 10.0 Å². The molecule has 1 heterocycles. The number of hydrogen-bond acceptors (Lipinski definition) is 7. The summed E-state index contributed by atoms with van der Waals surface area (Å²) in [6.45, 7) is 5.82. The van der Waals surface area contributed by atoms with Crippen LogP contribution in [0.3, 0.4) is 0 Å². The van der Waals surface area contributed by atoms with Gasteiger partial charge in [0, 0.05) is 13.0 Å². The zero-order valence-corrected chi connectivity index (χ0v) is 16.7. The number of hydrogen-bond donors (Lipinski definition) is 1. The van der Waals surface area contributed by atoms with Crippen LogP contribution in [0.2, 0.25) is 0 Å². The standard InChI is InChI=1S/C18H25NO7S/c1-5-25-15(20)17(4)18(22,16(21)26-6-2)11-12-19(17)27(23,24)14-9-7-13(3)8-10-14/h7-10,22H,5-6,11-12H2,1-4H3/t17-,18+/m0/s1. The molecule has 1 aliphatic heterocycles. The van der Waals surface area contributed by atoms with Crippen LogP contribution in [0.1, 0.15) is 32.8 Å². The predicted octanol–water partition coefficient (Wildman–Crippen LogP) is 1.01. The molecule has 27 heavy (non-hydrogen) atoms. The van der Waals surface area contributed by atoms with Crippen LogP contribution in [0.5, 0.6) is 0 Å². The molecule has 0 amide bonds. The highest BCUT2D eigenvalue weighted by molar-refractivity contribution is 7.89. The number of carbonyl (C=O) groups excluding carboxylic acids is 2. The van der Waals surface area contributed by atoms with E-state index in [4.69, 9.17) is 9.47 Å². The smallest absolute Gasteiger partial charge is 0.340 e. The Labute approximate surface area is 159 Å². The second kappa shape index (κ2) is 7.57. The molecule has 0 aliphatic carbocycles. The zero-order chi connectivity index (χ0) is 20.5. The Balaban J connectivity index is 2.60. The van der Waals surface area contributed by atoms with E-state index in [0.29, 0.717) is 0 Å². The number of esters is 2. The molecular formula is C18H25NO7S. The van der Waals surface area contributed by atoms with Crippen LogP contribution in [-0.4, -0.2) is 60.7 Å². The number of benzene rings is 1. The lowest BCUT2D eigenvalue weighted by molar-refractivity contribution is -0.184. The van der Waals surface area contributed by atoms with E-state index in [0.717, 1.165) is 9.87 Å². The van der Waals surface area contributed by atoms with Gasteiger partial charge in [0.25, 0.3) is 0 Å². The van der Waals surface area contributed by atoms with Gasteiger partial charge < -0.3 is 14.6 Å². The third kappa shape index (κ3) is 3.35. The lowest BCUT2D eigenvalue weighted by atomic mass is 9.82. The molecule has 0 radical (unpaired) electrons. The summed E-state index contributed by atoms with van der Waals surface area (Å²) in [5.41, 5.74) is -3.64. The van der Waals surface area contributed by atoms with Crippen LogP contribution in [0.25, 0.3) is 0 Å². The van der Waals surface area contributed by atoms with Crippen molar-refractivity contribution in [2.75, 3.05) is 19.8 Å². The van der Waals surface area contributed by atoms with Crippen LogP contribution < -0.4 is 0 Å². The first-order valence-electron chi connectivity index (χ1n) is 8.72. The summed E-state index contributed by atoms with van der Waals surface area (Å²) in [7, 11) is -4.18. The minimum atomic E-state index is -4.18. The van der Waals surface area contributed by atoms with Gasteiger partial charge in [-0.3, -0.25) is 0 Å². The molecule has 150 valence electrons. The molecule has 0 aromatic heterocycles. The lowest BCUT2D eigenvalue weighted by Crippen LogP contribution is -2.66. The average Bonchev–Trinajstić information content (AvgIpc) is 2.90. The van der Waals surface area contributed by atoms with Crippen molar-refractivity contribution in [1.82, 2.24) is 4.31 Å². The number of aliphatic hydroxyl groups is 1. The van der Waals surface area contributed by atoms with Crippen molar-refractivity contribution in [2.45, 2.75) is 50.2 Å². The van der Waals surface area contributed by atoms with Crippen LogP contribution in [-0.2, 0) is 29.1 Å². The summed E-state index contributed by atoms with van der Waals surface area (Å²) in [6, 6.07) is 6.08. The monoisotopic (exact) mass is 399 g/mol. The molecule has 0 saturated carbocycles. The second-order valence-electron chi connectivity index (χ2n) is 6.51. The van der Waals surface area contributed by atoms with E-state index in [1.807, 2.05) is 6.92 Å². The number of rotatable bonds is 6. The van der Waals surface area contributed by atoms with Gasteiger partial charge >= 0.3 is 11.9 Å². The van der Waals surface area contributed by atoms with Crippen molar-refractivity contribution in [1.29, 1.82) is 0 Å². The first-order valence-corrected chi connectivity index (χ1v) is 10.2. The molecule has 1 fully saturated rings. The fraction of sp³-hybridized carbons (Fsp3) is 0.556. The van der Waals surface area contributed by atoms with Gasteiger partial charge in [-0.25, -0.2) is 18.0 Å². The van der Waals surface area contributed by atoms with Gasteiger partial charge in [0.05, 0.1) is 18.1 Å². The molecule has 2 atom stereocenters. The third-order valence-electron chi connectivity index (χ3n) is 4.88. The van der Waals surface area contributed by atoms with Crippen molar-refractivity contribution in [3.05, 3.63) is 29.8 Å². The Morgan fingerprint density at radius 3 is 2.15 bits per heavy atom. The Morgan fingerprint density at radius 2 is 1.63 bits per heavy atom. The van der Waals surface area contributed by atoms with Crippen molar-refractivity contribution >= 4 is 22.0 Å². The average molecular weight is 399 g/mol. The molecule has 1 saturated heterocycles. The van der Waals surface area contributed by atoms with E-state index >= 15 is 0 Å². The van der Waals surface area contributed by atoms with Gasteiger partial charge in [-0.1, -0.05) is 17.7 Å². The predicted molar refractivity (Wildman–Crippen MR) is 96.3 cm³/mol. The summed E-state index contributed by atoms with van der Waals surface area (Å²) >= 11 is 0. The van der Waals surface area contributed by atoms with E-state index in [-0.39, 0.29) is 31.1 Å². The Morgan fingerprint density at radius 1 is 1.11 bits per heavy atom. The molecule has 8 nitrogen and oxygen atoms in total. The van der Waals surface area contributed by atoms with E-state index in [9.17, 15) is 23.1 Å². The van der Waals surface area contributed by atoms with Gasteiger partial charge in [-0.05, 0) is 39.8 Å². The van der Waals surface area contributed by atoms with Gasteiger partial charge in [0.15, 0.2) is 11.1 Å². The minimum absolute atomic E-state index is 0.0231. The quantitative estimate of drug-likeness (QED) is 0.711. The second-order valence-corrected chi connectivity index (χ2v) is 8.38. The summed E-state index contributed by atoms with van der Waals surface area (Å²) in [6.07, 6.45) is -0.285. The molecule has 2 rings (SSSR count). The maximum absolute atomic E-state index is 13.2. The topological polar surface area (TPSA) is 110 Å². The van der Waals surface area contributed by atoms with E-state index in [1.54, 1.807) is 26.0 Å². The fourth-order valence-electron chi connectivity index (χ4n) is 3.23. The molecule has 9 heteroatoms. The van der Waals surface area contributed by atoms with Gasteiger partial charge in [-0.15, -0.1) is 0 Å². The summed E-state index contributed by atoms with van der Waals surface area (Å²) in [5, 5.41) is 11.1. The summed E-state index contributed by atoms with van der Waals surface area (Å²) < 4.78 is 37.2. The molecule has 1 aromatic rings. The Hall–Kier alpha value is -1.97. The largest absolute Gasteiger partial charge is 0.464 e. The Kier molecular flexibility index (Phi) is 5.98. The number of sulfonamides is 1. The summed E-state index contributed by atoms with van der Waals surface area (Å²) in [4.78, 5) is 25.1. The maximum Gasteiger partial charge on any atom is 0.340 e. The number of ether oxygens (including phenoxy) is 2. The highest BCUT2D eigenvalue weighted by atomic mass is 32.2. The van der Waals surface area contributed by atoms with Crippen molar-refractivity contribution in [3.63, 3.8) is 0 Å². The molecule has 1 aliphatic rings. The molecular weight excluding hydrogens is 374 g/mol. The first-order chi connectivity index (χ1) is 12.6. The third-order valence-corrected chi connectivity index (χ3v) is 6.87. The van der Waals surface area contributed by atoms with E-state index in [1.165, 1.54) is 19.1 Å². The number of aryl methyl sites for hydroxylation is 1. The first kappa shape index (κ1) is 21.3. The highest BCUT2D eigenvalue weighted by Gasteiger charge is 2.69.